The van der Waals surface area contributed by atoms with E-state index in [4.69, 9.17) is 5.73 Å². The van der Waals surface area contributed by atoms with Crippen molar-refractivity contribution in [1.29, 1.82) is 0 Å². The van der Waals surface area contributed by atoms with Crippen LogP contribution in [0.4, 0.5) is 0 Å². The van der Waals surface area contributed by atoms with Crippen molar-refractivity contribution in [2.45, 2.75) is 75.8 Å². The van der Waals surface area contributed by atoms with Crippen LogP contribution in [-0.4, -0.2) is 42.0 Å². The second-order valence-corrected chi connectivity index (χ2v) is 7.47. The predicted molar refractivity (Wildman–Crippen MR) is 99.4 cm³/mol. The van der Waals surface area contributed by atoms with Gasteiger partial charge < -0.3 is 11.1 Å². The molecular formula is C17H33Cl2N3O. The summed E-state index contributed by atoms with van der Waals surface area (Å²) in [6.07, 6.45) is 11.9. The average Bonchev–Trinajstić information content (AvgIpc) is 3.16. The second kappa shape index (κ2) is 9.45. The van der Waals surface area contributed by atoms with Gasteiger partial charge in [-0.2, -0.15) is 0 Å². The van der Waals surface area contributed by atoms with E-state index in [1.807, 2.05) is 0 Å². The van der Waals surface area contributed by atoms with Crippen LogP contribution in [0, 0.1) is 5.92 Å². The highest BCUT2D eigenvalue weighted by atomic mass is 35.5. The fourth-order valence-electron chi connectivity index (χ4n) is 4.69. The van der Waals surface area contributed by atoms with E-state index in [-0.39, 0.29) is 48.2 Å². The van der Waals surface area contributed by atoms with Crippen molar-refractivity contribution in [3.05, 3.63) is 0 Å². The minimum absolute atomic E-state index is 0. The molecule has 2 saturated carbocycles. The van der Waals surface area contributed by atoms with E-state index in [1.165, 1.54) is 51.6 Å². The SMILES string of the molecule is Cl.Cl.N[C@H]1CCC[C@@H](C(=O)NCC2(N3CCCC3)CCCC2)C1. The van der Waals surface area contributed by atoms with Crippen LogP contribution in [0.5, 0.6) is 0 Å². The van der Waals surface area contributed by atoms with E-state index in [0.717, 1.165) is 32.2 Å². The molecule has 0 aromatic heterocycles. The summed E-state index contributed by atoms with van der Waals surface area (Å²) in [4.78, 5) is 15.1. The molecule has 2 aliphatic carbocycles. The Bertz CT molecular complexity index is 369. The Labute approximate surface area is 153 Å². The number of nitrogens with one attached hydrogen (secondary N) is 1. The average molecular weight is 366 g/mol. The molecule has 0 aromatic rings. The van der Waals surface area contributed by atoms with E-state index in [0.29, 0.717) is 0 Å². The number of hydrogen-bond donors (Lipinski definition) is 2. The number of halogens is 2. The van der Waals surface area contributed by atoms with Crippen molar-refractivity contribution in [2.24, 2.45) is 11.7 Å². The van der Waals surface area contributed by atoms with Crippen LogP contribution in [0.3, 0.4) is 0 Å². The summed E-state index contributed by atoms with van der Waals surface area (Å²) in [5, 5.41) is 3.30. The summed E-state index contributed by atoms with van der Waals surface area (Å²) in [5.41, 5.74) is 6.29. The maximum absolute atomic E-state index is 12.5. The molecule has 2 atom stereocenters. The number of amides is 1. The first kappa shape index (κ1) is 21.0. The fourth-order valence-corrected chi connectivity index (χ4v) is 4.69. The molecule has 0 spiro atoms. The van der Waals surface area contributed by atoms with Crippen LogP contribution in [0.1, 0.15) is 64.2 Å². The third-order valence-electron chi connectivity index (χ3n) is 5.99. The quantitative estimate of drug-likeness (QED) is 0.804. The highest BCUT2D eigenvalue weighted by Gasteiger charge is 2.41. The van der Waals surface area contributed by atoms with Crippen LogP contribution >= 0.6 is 24.8 Å². The number of nitrogens with zero attached hydrogens (tertiary/aromatic N) is 1. The summed E-state index contributed by atoms with van der Waals surface area (Å²) in [6.45, 7) is 3.31. The molecule has 3 aliphatic rings. The van der Waals surface area contributed by atoms with Crippen LogP contribution in [-0.2, 0) is 4.79 Å². The molecular weight excluding hydrogens is 333 g/mol. The number of carbonyl (C=O) groups is 1. The zero-order valence-electron chi connectivity index (χ0n) is 14.1. The Balaban J connectivity index is 0.00000132. The van der Waals surface area contributed by atoms with Gasteiger partial charge in [0.25, 0.3) is 0 Å². The van der Waals surface area contributed by atoms with Gasteiger partial charge in [0.2, 0.25) is 5.91 Å². The first-order valence-corrected chi connectivity index (χ1v) is 8.98. The molecule has 4 nitrogen and oxygen atoms in total. The lowest BCUT2D eigenvalue weighted by molar-refractivity contribution is -0.126. The molecule has 23 heavy (non-hydrogen) atoms. The minimum Gasteiger partial charge on any atom is -0.354 e. The molecule has 136 valence electrons. The highest BCUT2D eigenvalue weighted by Crippen LogP contribution is 2.37. The Kier molecular flexibility index (Phi) is 8.64. The van der Waals surface area contributed by atoms with E-state index < -0.39 is 0 Å². The maximum atomic E-state index is 12.5. The van der Waals surface area contributed by atoms with Gasteiger partial charge in [0, 0.05) is 24.0 Å². The zero-order valence-corrected chi connectivity index (χ0v) is 15.7. The van der Waals surface area contributed by atoms with Crippen molar-refractivity contribution in [3.8, 4) is 0 Å². The standard InChI is InChI=1S/C17H31N3O.2ClH/c18-15-7-5-6-14(12-15)16(21)19-13-17(8-1-2-9-17)20-10-3-4-11-20;;/h14-15H,1-13,18H2,(H,19,21);2*1H/t14-,15+;;/m1../s1. The Morgan fingerprint density at radius 3 is 2.30 bits per heavy atom. The number of likely N-dealkylation sites (tertiary alicyclic amines) is 1. The van der Waals surface area contributed by atoms with Crippen molar-refractivity contribution in [2.75, 3.05) is 19.6 Å². The number of carbonyl (C=O) groups excluding carboxylic acids is 1. The Hall–Kier alpha value is -0.0300. The van der Waals surface area contributed by atoms with Gasteiger partial charge in [-0.1, -0.05) is 19.3 Å². The molecule has 3 fully saturated rings. The molecule has 6 heteroatoms. The lowest BCUT2D eigenvalue weighted by atomic mass is 9.85. The first-order valence-electron chi connectivity index (χ1n) is 8.98. The van der Waals surface area contributed by atoms with Gasteiger partial charge in [-0.25, -0.2) is 0 Å². The third-order valence-corrected chi connectivity index (χ3v) is 5.99. The summed E-state index contributed by atoms with van der Waals surface area (Å²) in [5.74, 6) is 0.418. The van der Waals surface area contributed by atoms with Gasteiger partial charge in [0.05, 0.1) is 0 Å². The van der Waals surface area contributed by atoms with Crippen molar-refractivity contribution >= 4 is 30.7 Å². The molecule has 1 amide bonds. The lowest BCUT2D eigenvalue weighted by Gasteiger charge is -2.39. The van der Waals surface area contributed by atoms with Gasteiger partial charge in [0.1, 0.15) is 0 Å². The molecule has 0 aromatic carbocycles. The van der Waals surface area contributed by atoms with E-state index in [1.54, 1.807) is 0 Å². The lowest BCUT2D eigenvalue weighted by Crippen LogP contribution is -2.54. The predicted octanol–water partition coefficient (Wildman–Crippen LogP) is 2.87. The third kappa shape index (κ3) is 4.97. The van der Waals surface area contributed by atoms with Crippen molar-refractivity contribution < 1.29 is 4.79 Å². The monoisotopic (exact) mass is 365 g/mol. The van der Waals surface area contributed by atoms with Crippen LogP contribution in [0.2, 0.25) is 0 Å². The van der Waals surface area contributed by atoms with Gasteiger partial charge in [-0.3, -0.25) is 9.69 Å². The molecule has 3 rings (SSSR count). The first-order chi connectivity index (χ1) is 10.2. The molecule has 0 bridgehead atoms. The van der Waals surface area contributed by atoms with E-state index >= 15 is 0 Å². The normalized spacial score (nSPS) is 30.3. The van der Waals surface area contributed by atoms with Crippen LogP contribution in [0.25, 0.3) is 0 Å². The summed E-state index contributed by atoms with van der Waals surface area (Å²) in [6, 6.07) is 0.230. The zero-order chi connectivity index (χ0) is 14.7. The van der Waals surface area contributed by atoms with Crippen LogP contribution < -0.4 is 11.1 Å². The molecule has 0 radical (unpaired) electrons. The van der Waals surface area contributed by atoms with Crippen molar-refractivity contribution in [3.63, 3.8) is 0 Å². The summed E-state index contributed by atoms with van der Waals surface area (Å²) >= 11 is 0. The van der Waals surface area contributed by atoms with E-state index in [2.05, 4.69) is 10.2 Å². The summed E-state index contributed by atoms with van der Waals surface area (Å²) in [7, 11) is 0. The molecule has 1 heterocycles. The number of nitrogens with two attached hydrogens (primary N) is 1. The largest absolute Gasteiger partial charge is 0.354 e. The van der Waals surface area contributed by atoms with Crippen molar-refractivity contribution in [1.82, 2.24) is 10.2 Å². The molecule has 3 N–H and O–H groups in total. The van der Waals surface area contributed by atoms with Gasteiger partial charge >= 0.3 is 0 Å². The van der Waals surface area contributed by atoms with E-state index in [9.17, 15) is 4.79 Å². The Morgan fingerprint density at radius 2 is 1.70 bits per heavy atom. The van der Waals surface area contributed by atoms with Gasteiger partial charge in [-0.05, 0) is 58.0 Å². The van der Waals surface area contributed by atoms with Gasteiger partial charge in [0.15, 0.2) is 0 Å². The topological polar surface area (TPSA) is 58.4 Å². The summed E-state index contributed by atoms with van der Waals surface area (Å²) < 4.78 is 0. The number of rotatable bonds is 4. The molecule has 1 aliphatic heterocycles. The maximum Gasteiger partial charge on any atom is 0.223 e. The van der Waals surface area contributed by atoms with Gasteiger partial charge in [-0.15, -0.1) is 24.8 Å². The minimum atomic E-state index is 0. The fraction of sp³-hybridized carbons (Fsp3) is 0.941. The smallest absolute Gasteiger partial charge is 0.223 e. The Morgan fingerprint density at radius 1 is 1.04 bits per heavy atom. The molecule has 0 unspecified atom stereocenters. The molecule has 1 saturated heterocycles. The van der Waals surface area contributed by atoms with Crippen LogP contribution in [0.15, 0.2) is 0 Å². The highest BCUT2D eigenvalue weighted by molar-refractivity contribution is 5.85. The number of hydrogen-bond acceptors (Lipinski definition) is 3. The second-order valence-electron chi connectivity index (χ2n) is 7.47.